The molecule has 0 atom stereocenters. The molecule has 1 aromatic carbocycles. The second-order valence-corrected chi connectivity index (χ2v) is 3.88. The maximum absolute atomic E-state index is 11.3. The highest BCUT2D eigenvalue weighted by Gasteiger charge is 2.39. The van der Waals surface area contributed by atoms with Gasteiger partial charge in [-0.15, -0.1) is 0 Å². The molecule has 1 aromatic rings. The Balaban J connectivity index is 2.16. The van der Waals surface area contributed by atoms with Gasteiger partial charge in [0.25, 0.3) is 0 Å². The Morgan fingerprint density at radius 2 is 2.14 bits per heavy atom. The highest BCUT2D eigenvalue weighted by Crippen LogP contribution is 2.31. The summed E-state index contributed by atoms with van der Waals surface area (Å²) in [5, 5.41) is 0. The Labute approximate surface area is 84.1 Å². The van der Waals surface area contributed by atoms with Crippen LogP contribution < -0.4 is 0 Å². The van der Waals surface area contributed by atoms with Crippen LogP contribution >= 0.6 is 0 Å². The molecule has 0 aliphatic heterocycles. The highest BCUT2D eigenvalue weighted by molar-refractivity contribution is 5.94. The molecule has 70 valence electrons. The molecule has 14 heavy (non-hydrogen) atoms. The molecule has 1 nitrogen and oxygen atoms in total. The molecule has 0 spiro atoms. The van der Waals surface area contributed by atoms with E-state index in [1.807, 2.05) is 12.1 Å². The zero-order chi connectivity index (χ0) is 10.2. The van der Waals surface area contributed by atoms with Crippen LogP contribution in [0, 0.1) is 24.2 Å². The summed E-state index contributed by atoms with van der Waals surface area (Å²) in [4.78, 5) is 11.3. The molecule has 0 saturated heterocycles. The first kappa shape index (κ1) is 9.02. The van der Waals surface area contributed by atoms with Gasteiger partial charge in [-0.05, 0) is 19.4 Å². The fraction of sp³-hybridized carbons (Fsp3) is 0.308. The van der Waals surface area contributed by atoms with E-state index in [1.165, 1.54) is 11.1 Å². The third-order valence-electron chi connectivity index (χ3n) is 2.58. The summed E-state index contributed by atoms with van der Waals surface area (Å²) in [6.07, 6.45) is 0.712. The number of rotatable bonds is 3. The molecule has 2 rings (SSSR count). The van der Waals surface area contributed by atoms with E-state index in [4.69, 9.17) is 0 Å². The molecule has 0 aromatic heterocycles. The lowest BCUT2D eigenvalue weighted by Gasteiger charge is -2.10. The van der Waals surface area contributed by atoms with Crippen LogP contribution in [0.3, 0.4) is 0 Å². The minimum atomic E-state index is -0.492. The zero-order valence-corrected chi connectivity index (χ0v) is 8.42. The maximum Gasteiger partial charge on any atom is 0.160 e. The summed E-state index contributed by atoms with van der Waals surface area (Å²) in [6, 6.07) is 8.21. The van der Waals surface area contributed by atoms with Crippen LogP contribution in [-0.2, 0) is 11.2 Å². The molecule has 0 radical (unpaired) electrons. The van der Waals surface area contributed by atoms with Crippen LogP contribution in [-0.4, -0.2) is 5.78 Å². The van der Waals surface area contributed by atoms with E-state index in [2.05, 4.69) is 30.9 Å². The van der Waals surface area contributed by atoms with Gasteiger partial charge in [0.1, 0.15) is 0 Å². The van der Waals surface area contributed by atoms with Gasteiger partial charge in [-0.3, -0.25) is 4.79 Å². The Kier molecular flexibility index (Phi) is 1.93. The van der Waals surface area contributed by atoms with Crippen molar-refractivity contribution in [2.45, 2.75) is 20.3 Å². The lowest BCUT2D eigenvalue weighted by molar-refractivity contribution is -0.120. The Morgan fingerprint density at radius 1 is 1.43 bits per heavy atom. The summed E-state index contributed by atoms with van der Waals surface area (Å²) < 4.78 is 0. The number of hydrogen-bond acceptors (Lipinski definition) is 1. The van der Waals surface area contributed by atoms with Crippen molar-refractivity contribution < 1.29 is 4.79 Å². The summed E-state index contributed by atoms with van der Waals surface area (Å²) in [5.74, 6) is 5.97. The predicted octanol–water partition coefficient (Wildman–Crippen LogP) is 2.13. The molecule has 0 fully saturated rings. The first-order valence-electron chi connectivity index (χ1n) is 4.73. The molecule has 1 aliphatic carbocycles. The average Bonchev–Trinajstić information content (AvgIpc) is 2.85. The first-order chi connectivity index (χ1) is 6.62. The molecule has 0 saturated carbocycles. The van der Waals surface area contributed by atoms with Gasteiger partial charge in [-0.2, -0.15) is 0 Å². The standard InChI is InChI=1S/C13H12O/c1-10-4-3-5-12(8-10)9-13(6-7-13)11(2)14/h3-5,8H,9H2,1-2H3. The maximum atomic E-state index is 11.3. The van der Waals surface area contributed by atoms with E-state index in [0.29, 0.717) is 6.42 Å². The van der Waals surface area contributed by atoms with Gasteiger partial charge in [-0.25, -0.2) is 0 Å². The van der Waals surface area contributed by atoms with E-state index >= 15 is 0 Å². The third kappa shape index (κ3) is 1.56. The van der Waals surface area contributed by atoms with Crippen molar-refractivity contribution in [3.05, 3.63) is 35.4 Å². The van der Waals surface area contributed by atoms with Crippen molar-refractivity contribution in [2.24, 2.45) is 5.41 Å². The number of aryl methyl sites for hydroxylation is 1. The van der Waals surface area contributed by atoms with Gasteiger partial charge in [-0.1, -0.05) is 41.7 Å². The van der Waals surface area contributed by atoms with Crippen molar-refractivity contribution in [1.29, 1.82) is 0 Å². The SMILES string of the molecule is CC(=O)C1(Cc2cccc(C)c2)C#C1. The van der Waals surface area contributed by atoms with Gasteiger partial charge < -0.3 is 0 Å². The van der Waals surface area contributed by atoms with Crippen molar-refractivity contribution in [3.8, 4) is 11.8 Å². The van der Waals surface area contributed by atoms with E-state index in [0.717, 1.165) is 0 Å². The molecule has 0 amide bonds. The van der Waals surface area contributed by atoms with Gasteiger partial charge in [0.05, 0.1) is 0 Å². The van der Waals surface area contributed by atoms with Crippen LogP contribution in [0.4, 0.5) is 0 Å². The lowest BCUT2D eigenvalue weighted by atomic mass is 9.89. The summed E-state index contributed by atoms with van der Waals surface area (Å²) >= 11 is 0. The van der Waals surface area contributed by atoms with Gasteiger partial charge in [0, 0.05) is 6.42 Å². The summed E-state index contributed by atoms with van der Waals surface area (Å²) in [6.45, 7) is 3.65. The van der Waals surface area contributed by atoms with E-state index < -0.39 is 5.41 Å². The van der Waals surface area contributed by atoms with Crippen LogP contribution in [0.5, 0.6) is 0 Å². The zero-order valence-electron chi connectivity index (χ0n) is 8.42. The summed E-state index contributed by atoms with van der Waals surface area (Å²) in [7, 11) is 0. The molecule has 1 aliphatic rings. The van der Waals surface area contributed by atoms with Crippen LogP contribution in [0.2, 0.25) is 0 Å². The number of hydrogen-bond donors (Lipinski definition) is 0. The van der Waals surface area contributed by atoms with Crippen molar-refractivity contribution in [2.75, 3.05) is 0 Å². The second kappa shape index (κ2) is 2.99. The van der Waals surface area contributed by atoms with Gasteiger partial charge in [0.15, 0.2) is 11.2 Å². The minimum absolute atomic E-state index is 0.138. The third-order valence-corrected chi connectivity index (χ3v) is 2.58. The van der Waals surface area contributed by atoms with E-state index in [-0.39, 0.29) is 5.78 Å². The monoisotopic (exact) mass is 184 g/mol. The summed E-state index contributed by atoms with van der Waals surface area (Å²) in [5.41, 5.74) is 1.91. The smallest absolute Gasteiger partial charge is 0.160 e. The minimum Gasteiger partial charge on any atom is -0.297 e. The fourth-order valence-corrected chi connectivity index (χ4v) is 1.59. The molecule has 0 N–H and O–H groups in total. The van der Waals surface area contributed by atoms with Crippen molar-refractivity contribution in [3.63, 3.8) is 0 Å². The molecule has 1 heteroatoms. The molecule has 0 heterocycles. The topological polar surface area (TPSA) is 17.1 Å². The molecule has 0 bridgehead atoms. The number of carbonyl (C=O) groups is 1. The van der Waals surface area contributed by atoms with Gasteiger partial charge in [0.2, 0.25) is 0 Å². The number of ketones is 1. The van der Waals surface area contributed by atoms with Crippen LogP contribution in [0.1, 0.15) is 18.1 Å². The number of carbonyl (C=O) groups excluding carboxylic acids is 1. The second-order valence-electron chi connectivity index (χ2n) is 3.88. The van der Waals surface area contributed by atoms with Crippen molar-refractivity contribution >= 4 is 5.78 Å². The van der Waals surface area contributed by atoms with Crippen LogP contribution in [0.25, 0.3) is 0 Å². The predicted molar refractivity (Wildman–Crippen MR) is 55.8 cm³/mol. The normalized spacial score (nSPS) is 15.6. The largest absolute Gasteiger partial charge is 0.297 e. The fourth-order valence-electron chi connectivity index (χ4n) is 1.59. The number of benzene rings is 1. The van der Waals surface area contributed by atoms with Gasteiger partial charge >= 0.3 is 0 Å². The van der Waals surface area contributed by atoms with E-state index in [1.54, 1.807) is 6.92 Å². The molecular weight excluding hydrogens is 172 g/mol. The average molecular weight is 184 g/mol. The Morgan fingerprint density at radius 3 is 2.64 bits per heavy atom. The Hall–Kier alpha value is -1.55. The highest BCUT2D eigenvalue weighted by atomic mass is 16.1. The number of Topliss-reactive ketones (excluding diaryl/α,β-unsaturated/α-hetero) is 1. The Bertz CT molecular complexity index is 438. The first-order valence-corrected chi connectivity index (χ1v) is 4.73. The quantitative estimate of drug-likeness (QED) is 0.658. The van der Waals surface area contributed by atoms with Crippen molar-refractivity contribution in [1.82, 2.24) is 0 Å². The van der Waals surface area contributed by atoms with E-state index in [9.17, 15) is 4.79 Å². The molecule has 0 unspecified atom stereocenters. The lowest BCUT2D eigenvalue weighted by Crippen LogP contribution is -2.19. The van der Waals surface area contributed by atoms with Crippen LogP contribution in [0.15, 0.2) is 24.3 Å². The molecular formula is C13H12O.